The van der Waals surface area contributed by atoms with Crippen molar-refractivity contribution in [3.05, 3.63) is 36.4 Å². The smallest absolute Gasteiger partial charge is 0.322 e. The van der Waals surface area contributed by atoms with Crippen molar-refractivity contribution in [2.45, 2.75) is 38.1 Å². The van der Waals surface area contributed by atoms with Gasteiger partial charge in [-0.25, -0.2) is 9.78 Å². The molecule has 1 atom stereocenters. The highest BCUT2D eigenvalue weighted by Gasteiger charge is 2.30. The molecule has 1 saturated carbocycles. The lowest BCUT2D eigenvalue weighted by atomic mass is 10.0. The Morgan fingerprint density at radius 1 is 1.24 bits per heavy atom. The molecule has 1 aliphatic heterocycles. The lowest BCUT2D eigenvalue weighted by Gasteiger charge is -2.34. The summed E-state index contributed by atoms with van der Waals surface area (Å²) >= 11 is 0. The molecular formula is C18H23N5O2. The maximum atomic E-state index is 12.7. The fourth-order valence-corrected chi connectivity index (χ4v) is 3.16. The third kappa shape index (κ3) is 3.92. The van der Waals surface area contributed by atoms with Crippen molar-refractivity contribution in [1.29, 1.82) is 0 Å². The summed E-state index contributed by atoms with van der Waals surface area (Å²) in [6.07, 6.45) is 7.03. The van der Waals surface area contributed by atoms with Crippen molar-refractivity contribution in [3.8, 4) is 5.75 Å². The molecule has 1 aromatic heterocycles. The number of hydrogen-bond acceptors (Lipinski definition) is 4. The first-order chi connectivity index (χ1) is 12.3. The number of nitrogens with one attached hydrogen (secondary N) is 2. The van der Waals surface area contributed by atoms with Crippen molar-refractivity contribution >= 4 is 11.7 Å². The standard InChI is InChI=1S/C18H23N5O2/c24-18(23-10-2-1-3-16(23)17-19-12-20-22-17)21-14-6-8-15(9-7-14)25-11-13-4-5-13/h6-9,12-13,16H,1-5,10-11H2,(H,21,24)(H,19,20,22). The van der Waals surface area contributed by atoms with Gasteiger partial charge < -0.3 is 15.0 Å². The first kappa shape index (κ1) is 15.9. The summed E-state index contributed by atoms with van der Waals surface area (Å²) in [6, 6.07) is 7.43. The van der Waals surface area contributed by atoms with Crippen LogP contribution in [0.3, 0.4) is 0 Å². The van der Waals surface area contributed by atoms with Crippen molar-refractivity contribution in [2.24, 2.45) is 5.92 Å². The van der Waals surface area contributed by atoms with Crippen molar-refractivity contribution < 1.29 is 9.53 Å². The minimum atomic E-state index is -0.104. The Balaban J connectivity index is 1.38. The number of carbonyl (C=O) groups excluding carboxylic acids is 1. The Hall–Kier alpha value is -2.57. The van der Waals surface area contributed by atoms with E-state index in [2.05, 4.69) is 20.5 Å². The molecule has 1 unspecified atom stereocenters. The van der Waals surface area contributed by atoms with Crippen LogP contribution in [0.4, 0.5) is 10.5 Å². The molecule has 0 bridgehead atoms. The van der Waals surface area contributed by atoms with Crippen LogP contribution in [-0.2, 0) is 0 Å². The van der Waals surface area contributed by atoms with Gasteiger partial charge in [0.05, 0.1) is 12.6 Å². The first-order valence-electron chi connectivity index (χ1n) is 8.95. The van der Waals surface area contributed by atoms with Gasteiger partial charge in [0.25, 0.3) is 0 Å². The molecule has 1 saturated heterocycles. The van der Waals surface area contributed by atoms with Crippen molar-refractivity contribution in [3.63, 3.8) is 0 Å². The average molecular weight is 341 g/mol. The number of H-pyrrole nitrogens is 1. The number of rotatable bonds is 5. The van der Waals surface area contributed by atoms with E-state index in [9.17, 15) is 4.79 Å². The molecule has 2 aliphatic rings. The van der Waals surface area contributed by atoms with E-state index in [1.807, 2.05) is 29.2 Å². The third-order valence-corrected chi connectivity index (χ3v) is 4.80. The van der Waals surface area contributed by atoms with Gasteiger partial charge in [0.1, 0.15) is 17.9 Å². The minimum absolute atomic E-state index is 0.0441. The van der Waals surface area contributed by atoms with E-state index in [4.69, 9.17) is 4.74 Å². The van der Waals surface area contributed by atoms with Gasteiger partial charge in [-0.15, -0.1) is 0 Å². The van der Waals surface area contributed by atoms with Crippen LogP contribution in [0.2, 0.25) is 0 Å². The van der Waals surface area contributed by atoms with Gasteiger partial charge in [-0.3, -0.25) is 5.10 Å². The fourth-order valence-electron chi connectivity index (χ4n) is 3.16. The third-order valence-electron chi connectivity index (χ3n) is 4.80. The molecule has 1 aliphatic carbocycles. The van der Waals surface area contributed by atoms with Gasteiger partial charge in [0.2, 0.25) is 0 Å². The number of benzene rings is 1. The summed E-state index contributed by atoms with van der Waals surface area (Å²) in [7, 11) is 0. The number of aromatic nitrogens is 3. The Morgan fingerprint density at radius 3 is 2.80 bits per heavy atom. The van der Waals surface area contributed by atoms with Crippen LogP contribution in [0.15, 0.2) is 30.6 Å². The van der Waals surface area contributed by atoms with Gasteiger partial charge in [-0.05, 0) is 62.3 Å². The van der Waals surface area contributed by atoms with Crippen LogP contribution in [0.25, 0.3) is 0 Å². The highest BCUT2D eigenvalue weighted by molar-refractivity contribution is 5.89. The maximum Gasteiger partial charge on any atom is 0.322 e. The Kier molecular flexibility index (Phi) is 4.54. The van der Waals surface area contributed by atoms with E-state index >= 15 is 0 Å². The first-order valence-corrected chi connectivity index (χ1v) is 8.95. The van der Waals surface area contributed by atoms with Crippen LogP contribution in [0.5, 0.6) is 5.75 Å². The molecule has 2 fully saturated rings. The van der Waals surface area contributed by atoms with Crippen LogP contribution >= 0.6 is 0 Å². The van der Waals surface area contributed by atoms with E-state index in [-0.39, 0.29) is 12.1 Å². The fraction of sp³-hybridized carbons (Fsp3) is 0.500. The summed E-state index contributed by atoms with van der Waals surface area (Å²) in [6.45, 7) is 1.51. The molecule has 132 valence electrons. The average Bonchev–Trinajstić information content (AvgIpc) is 3.32. The number of carbonyl (C=O) groups is 1. The highest BCUT2D eigenvalue weighted by atomic mass is 16.5. The summed E-state index contributed by atoms with van der Waals surface area (Å²) < 4.78 is 5.73. The normalized spacial score (nSPS) is 20.3. The molecule has 25 heavy (non-hydrogen) atoms. The quantitative estimate of drug-likeness (QED) is 0.873. The van der Waals surface area contributed by atoms with Gasteiger partial charge in [-0.2, -0.15) is 5.10 Å². The molecule has 7 heteroatoms. The number of likely N-dealkylation sites (tertiary alicyclic amines) is 1. The minimum Gasteiger partial charge on any atom is -0.493 e. The lowest BCUT2D eigenvalue weighted by Crippen LogP contribution is -2.41. The number of nitrogens with zero attached hydrogens (tertiary/aromatic N) is 3. The SMILES string of the molecule is O=C(Nc1ccc(OCC2CC2)cc1)N1CCCCC1c1ncn[nH]1. The summed E-state index contributed by atoms with van der Waals surface area (Å²) in [4.78, 5) is 18.8. The number of urea groups is 1. The van der Waals surface area contributed by atoms with Crippen LogP contribution in [0, 0.1) is 5.92 Å². The second-order valence-electron chi connectivity index (χ2n) is 6.78. The van der Waals surface area contributed by atoms with E-state index in [0.717, 1.165) is 55.6 Å². The Labute approximate surface area is 146 Å². The van der Waals surface area contributed by atoms with Crippen LogP contribution in [0.1, 0.15) is 44.0 Å². The second kappa shape index (κ2) is 7.13. The molecule has 4 rings (SSSR count). The Bertz CT molecular complexity index is 697. The summed E-state index contributed by atoms with van der Waals surface area (Å²) in [5, 5.41) is 9.78. The van der Waals surface area contributed by atoms with Crippen molar-refractivity contribution in [1.82, 2.24) is 20.1 Å². The van der Waals surface area contributed by atoms with Crippen molar-refractivity contribution in [2.75, 3.05) is 18.5 Å². The van der Waals surface area contributed by atoms with E-state index < -0.39 is 0 Å². The predicted molar refractivity (Wildman–Crippen MR) is 93.4 cm³/mol. The number of anilines is 1. The molecule has 2 heterocycles. The number of amides is 2. The largest absolute Gasteiger partial charge is 0.493 e. The lowest BCUT2D eigenvalue weighted by molar-refractivity contribution is 0.159. The zero-order valence-electron chi connectivity index (χ0n) is 14.1. The van der Waals surface area contributed by atoms with E-state index in [1.165, 1.54) is 19.2 Å². The molecule has 0 spiro atoms. The molecule has 2 N–H and O–H groups in total. The van der Waals surface area contributed by atoms with E-state index in [1.54, 1.807) is 0 Å². The summed E-state index contributed by atoms with van der Waals surface area (Å²) in [5.41, 5.74) is 0.769. The van der Waals surface area contributed by atoms with Gasteiger partial charge in [0, 0.05) is 12.2 Å². The maximum absolute atomic E-state index is 12.7. The predicted octanol–water partition coefficient (Wildman–Crippen LogP) is 3.35. The Morgan fingerprint density at radius 2 is 2.08 bits per heavy atom. The van der Waals surface area contributed by atoms with Crippen LogP contribution < -0.4 is 10.1 Å². The molecule has 2 amide bonds. The number of hydrogen-bond donors (Lipinski definition) is 2. The number of ether oxygens (including phenoxy) is 1. The molecule has 0 radical (unpaired) electrons. The highest BCUT2D eigenvalue weighted by Crippen LogP contribution is 2.30. The van der Waals surface area contributed by atoms with E-state index in [0.29, 0.717) is 0 Å². The monoisotopic (exact) mass is 341 g/mol. The van der Waals surface area contributed by atoms with Crippen LogP contribution in [-0.4, -0.2) is 39.3 Å². The van der Waals surface area contributed by atoms with Gasteiger partial charge in [-0.1, -0.05) is 0 Å². The topological polar surface area (TPSA) is 83.1 Å². The van der Waals surface area contributed by atoms with Gasteiger partial charge in [0.15, 0.2) is 0 Å². The molecule has 1 aromatic carbocycles. The zero-order chi connectivity index (χ0) is 17.1. The van der Waals surface area contributed by atoms with Gasteiger partial charge >= 0.3 is 6.03 Å². The molecule has 2 aromatic rings. The zero-order valence-corrected chi connectivity index (χ0v) is 14.1. The molecule has 7 nitrogen and oxygen atoms in total. The number of aromatic amines is 1. The molecular weight excluding hydrogens is 318 g/mol. The second-order valence-corrected chi connectivity index (χ2v) is 6.78. The number of piperidine rings is 1. The summed E-state index contributed by atoms with van der Waals surface area (Å²) in [5.74, 6) is 2.33.